The number of amides is 1. The van der Waals surface area contributed by atoms with E-state index in [0.717, 1.165) is 32.4 Å². The van der Waals surface area contributed by atoms with Crippen molar-refractivity contribution >= 4 is 36.0 Å². The summed E-state index contributed by atoms with van der Waals surface area (Å²) in [5.41, 5.74) is -0.902. The van der Waals surface area contributed by atoms with Crippen molar-refractivity contribution in [3.05, 3.63) is 0 Å². The van der Waals surface area contributed by atoms with Gasteiger partial charge in [0.2, 0.25) is 0 Å². The highest BCUT2D eigenvalue weighted by molar-refractivity contribution is 14.0. The van der Waals surface area contributed by atoms with E-state index in [0.29, 0.717) is 12.5 Å². The third-order valence-corrected chi connectivity index (χ3v) is 4.00. The molecule has 0 saturated heterocycles. The van der Waals surface area contributed by atoms with Gasteiger partial charge in [-0.2, -0.15) is 0 Å². The maximum Gasteiger partial charge on any atom is 0.408 e. The van der Waals surface area contributed by atoms with Crippen LogP contribution in [0.25, 0.3) is 0 Å². The highest BCUT2D eigenvalue weighted by atomic mass is 127. The Kier molecular flexibility index (Phi) is 15.0. The lowest BCUT2D eigenvalue weighted by molar-refractivity contribution is 0.0448. The van der Waals surface area contributed by atoms with Crippen molar-refractivity contribution in [1.29, 1.82) is 0 Å². The number of hydrogen-bond donors (Lipinski definition) is 3. The van der Waals surface area contributed by atoms with E-state index in [2.05, 4.69) is 34.8 Å². The van der Waals surface area contributed by atoms with E-state index in [-0.39, 0.29) is 35.6 Å². The minimum absolute atomic E-state index is 0. The molecule has 8 heteroatoms. The first-order chi connectivity index (χ1) is 12.1. The molecule has 0 heterocycles. The molecule has 0 aromatic heterocycles. The molecule has 7 nitrogen and oxygen atoms in total. The largest absolute Gasteiger partial charge is 0.444 e. The van der Waals surface area contributed by atoms with Gasteiger partial charge < -0.3 is 25.4 Å². The maximum absolute atomic E-state index is 12.2. The van der Waals surface area contributed by atoms with Crippen molar-refractivity contribution in [1.82, 2.24) is 16.0 Å². The van der Waals surface area contributed by atoms with Gasteiger partial charge in [0.15, 0.2) is 5.96 Å². The van der Waals surface area contributed by atoms with E-state index in [9.17, 15) is 4.79 Å². The van der Waals surface area contributed by atoms with Crippen LogP contribution in [0.15, 0.2) is 4.99 Å². The zero-order valence-corrected chi connectivity index (χ0v) is 20.7. The summed E-state index contributed by atoms with van der Waals surface area (Å²) in [6, 6.07) is 0. The molecule has 0 rings (SSSR count). The van der Waals surface area contributed by atoms with Crippen molar-refractivity contribution in [3.8, 4) is 0 Å². The number of aliphatic imine (C=N–C) groups is 1. The minimum Gasteiger partial charge on any atom is -0.444 e. The highest BCUT2D eigenvalue weighted by Crippen LogP contribution is 2.16. The second kappa shape index (κ2) is 14.3. The molecule has 0 aliphatic rings. The van der Waals surface area contributed by atoms with E-state index < -0.39 is 11.7 Å². The summed E-state index contributed by atoms with van der Waals surface area (Å²) in [6.07, 6.45) is 2.34. The van der Waals surface area contributed by atoms with Crippen molar-refractivity contribution in [2.24, 2.45) is 4.99 Å². The molecule has 0 unspecified atom stereocenters. The van der Waals surface area contributed by atoms with E-state index in [1.165, 1.54) is 0 Å². The summed E-state index contributed by atoms with van der Waals surface area (Å²) in [6.45, 7) is 15.8. The number of carbonyl (C=O) groups is 1. The predicted molar refractivity (Wildman–Crippen MR) is 123 cm³/mol. The molecule has 0 aliphatic heterocycles. The summed E-state index contributed by atoms with van der Waals surface area (Å²) in [5, 5.41) is 9.61. The van der Waals surface area contributed by atoms with Crippen LogP contribution in [0, 0.1) is 0 Å². The molecular formula is C19H41IN4O3. The van der Waals surface area contributed by atoms with Crippen molar-refractivity contribution in [2.45, 2.75) is 85.0 Å². The van der Waals surface area contributed by atoms with Crippen LogP contribution in [0.1, 0.15) is 67.7 Å². The van der Waals surface area contributed by atoms with Gasteiger partial charge in [0.25, 0.3) is 0 Å². The van der Waals surface area contributed by atoms with Crippen LogP contribution in [0.2, 0.25) is 0 Å². The number of halogens is 1. The SMILES string of the molecule is CCC(CC)(CNC(=NC)NCCCOC(C)C)NC(=O)OC(C)(C)C.I. The summed E-state index contributed by atoms with van der Waals surface area (Å²) < 4.78 is 10.9. The zero-order chi connectivity index (χ0) is 20.2. The molecule has 27 heavy (non-hydrogen) atoms. The molecule has 0 fully saturated rings. The minimum atomic E-state index is -0.514. The fourth-order valence-electron chi connectivity index (χ4n) is 2.31. The van der Waals surface area contributed by atoms with Crippen LogP contribution in [-0.4, -0.2) is 56.0 Å². The monoisotopic (exact) mass is 500 g/mol. The average molecular weight is 500 g/mol. The Morgan fingerprint density at radius 1 is 1.11 bits per heavy atom. The molecular weight excluding hydrogens is 459 g/mol. The Morgan fingerprint density at radius 3 is 2.15 bits per heavy atom. The molecule has 0 aromatic carbocycles. The van der Waals surface area contributed by atoms with Crippen LogP contribution in [-0.2, 0) is 9.47 Å². The molecule has 0 atom stereocenters. The lowest BCUT2D eigenvalue weighted by Gasteiger charge is -2.34. The van der Waals surface area contributed by atoms with Crippen LogP contribution in [0.5, 0.6) is 0 Å². The molecule has 0 aromatic rings. The summed E-state index contributed by atoms with van der Waals surface area (Å²) in [7, 11) is 1.74. The number of carbonyl (C=O) groups excluding carboxylic acids is 1. The zero-order valence-electron chi connectivity index (χ0n) is 18.4. The number of guanidine groups is 1. The van der Waals surface area contributed by atoms with E-state index in [1.54, 1.807) is 7.05 Å². The number of alkyl carbamates (subject to hydrolysis) is 1. The molecule has 0 radical (unpaired) electrons. The Hall–Kier alpha value is -0.770. The van der Waals surface area contributed by atoms with E-state index >= 15 is 0 Å². The predicted octanol–water partition coefficient (Wildman–Crippen LogP) is 3.67. The third kappa shape index (κ3) is 14.0. The molecule has 1 amide bonds. The smallest absolute Gasteiger partial charge is 0.408 e. The molecule has 0 saturated carbocycles. The van der Waals surface area contributed by atoms with Crippen molar-refractivity contribution < 1.29 is 14.3 Å². The Balaban J connectivity index is 0. The third-order valence-electron chi connectivity index (χ3n) is 4.00. The van der Waals surface area contributed by atoms with Gasteiger partial charge in [0.05, 0.1) is 11.6 Å². The van der Waals surface area contributed by atoms with Gasteiger partial charge in [0, 0.05) is 26.7 Å². The second-order valence-corrected chi connectivity index (χ2v) is 7.74. The Bertz CT molecular complexity index is 433. The average Bonchev–Trinajstić information content (AvgIpc) is 2.54. The number of nitrogens with zero attached hydrogens (tertiary/aromatic N) is 1. The Morgan fingerprint density at radius 2 is 1.70 bits per heavy atom. The highest BCUT2D eigenvalue weighted by Gasteiger charge is 2.30. The van der Waals surface area contributed by atoms with E-state index in [4.69, 9.17) is 9.47 Å². The number of nitrogens with one attached hydrogen (secondary N) is 3. The number of ether oxygens (including phenoxy) is 2. The van der Waals surface area contributed by atoms with Gasteiger partial charge in [-0.15, -0.1) is 24.0 Å². The lowest BCUT2D eigenvalue weighted by atomic mass is 9.93. The fourth-order valence-corrected chi connectivity index (χ4v) is 2.31. The number of hydrogen-bond acceptors (Lipinski definition) is 4. The van der Waals surface area contributed by atoms with Gasteiger partial charge in [0.1, 0.15) is 5.60 Å². The molecule has 162 valence electrons. The standard InChI is InChI=1S/C19H40N4O3.HI/c1-9-19(10-2,23-17(24)26-18(5,6)7)14-22-16(20-8)21-12-11-13-25-15(3)4;/h15H,9-14H2,1-8H3,(H,23,24)(H2,20,21,22);1H. The van der Waals surface area contributed by atoms with Crippen LogP contribution < -0.4 is 16.0 Å². The van der Waals surface area contributed by atoms with Gasteiger partial charge in [-0.3, -0.25) is 4.99 Å². The lowest BCUT2D eigenvalue weighted by Crippen LogP contribution is -2.57. The maximum atomic E-state index is 12.2. The molecule has 0 aliphatic carbocycles. The first kappa shape index (κ1) is 28.4. The first-order valence-corrected chi connectivity index (χ1v) is 9.64. The van der Waals surface area contributed by atoms with Crippen molar-refractivity contribution in [2.75, 3.05) is 26.7 Å². The normalized spacial score (nSPS) is 12.4. The summed E-state index contributed by atoms with van der Waals surface area (Å²) >= 11 is 0. The Labute approximate surface area is 182 Å². The first-order valence-electron chi connectivity index (χ1n) is 9.64. The van der Waals surface area contributed by atoms with Crippen LogP contribution >= 0.6 is 24.0 Å². The van der Waals surface area contributed by atoms with Gasteiger partial charge >= 0.3 is 6.09 Å². The quantitative estimate of drug-likeness (QED) is 0.185. The van der Waals surface area contributed by atoms with Crippen molar-refractivity contribution in [3.63, 3.8) is 0 Å². The molecule has 3 N–H and O–H groups in total. The van der Waals surface area contributed by atoms with Gasteiger partial charge in [-0.1, -0.05) is 13.8 Å². The van der Waals surface area contributed by atoms with Gasteiger partial charge in [-0.25, -0.2) is 4.79 Å². The molecule has 0 bridgehead atoms. The topological polar surface area (TPSA) is 84.0 Å². The fraction of sp³-hybridized carbons (Fsp3) is 0.895. The second-order valence-electron chi connectivity index (χ2n) is 7.74. The summed E-state index contributed by atoms with van der Waals surface area (Å²) in [5.74, 6) is 0.715. The summed E-state index contributed by atoms with van der Waals surface area (Å²) in [4.78, 5) is 16.4. The van der Waals surface area contributed by atoms with Crippen LogP contribution in [0.3, 0.4) is 0 Å². The van der Waals surface area contributed by atoms with Gasteiger partial charge in [-0.05, 0) is 53.9 Å². The van der Waals surface area contributed by atoms with Crippen LogP contribution in [0.4, 0.5) is 4.79 Å². The van der Waals surface area contributed by atoms with E-state index in [1.807, 2.05) is 34.6 Å². The number of rotatable bonds is 10. The molecule has 0 spiro atoms.